The van der Waals surface area contributed by atoms with Gasteiger partial charge in [-0.2, -0.15) is 0 Å². The van der Waals surface area contributed by atoms with E-state index in [1.54, 1.807) is 0 Å². The largest absolute Gasteiger partial charge is 0.352 e. The molecule has 7 nitrogen and oxygen atoms in total. The van der Waals surface area contributed by atoms with Gasteiger partial charge in [-0.05, 0) is 32.0 Å². The van der Waals surface area contributed by atoms with Crippen molar-refractivity contribution in [2.24, 2.45) is 0 Å². The number of rotatable bonds is 8. The molecule has 25 heavy (non-hydrogen) atoms. The number of likely N-dealkylation sites (N-methyl/N-ethyl adjacent to an activating group) is 1. The number of nitrogens with zero attached hydrogens (tertiary/aromatic N) is 1. The van der Waals surface area contributed by atoms with E-state index >= 15 is 0 Å². The van der Waals surface area contributed by atoms with E-state index in [2.05, 4.69) is 16.6 Å². The van der Waals surface area contributed by atoms with Crippen LogP contribution in [-0.2, 0) is 14.8 Å². The highest BCUT2D eigenvalue weighted by Gasteiger charge is 2.21. The van der Waals surface area contributed by atoms with Crippen LogP contribution in [0.5, 0.6) is 0 Å². The molecule has 9 heteroatoms. The maximum Gasteiger partial charge on any atom is 0.254 e. The fourth-order valence-corrected chi connectivity index (χ4v) is 3.49. The van der Waals surface area contributed by atoms with Crippen molar-refractivity contribution in [1.29, 1.82) is 0 Å². The quantitative estimate of drug-likeness (QED) is 0.659. The van der Waals surface area contributed by atoms with Crippen molar-refractivity contribution in [3.05, 3.63) is 41.4 Å². The van der Waals surface area contributed by atoms with Crippen molar-refractivity contribution < 1.29 is 18.0 Å². The first-order chi connectivity index (χ1) is 11.6. The summed E-state index contributed by atoms with van der Waals surface area (Å²) >= 11 is 5.95. The number of benzene rings is 1. The summed E-state index contributed by atoms with van der Waals surface area (Å²) in [6, 6.07) is 3.89. The average Bonchev–Trinajstić information content (AvgIpc) is 2.51. The molecule has 0 bridgehead atoms. The van der Waals surface area contributed by atoms with Crippen LogP contribution < -0.4 is 10.0 Å². The summed E-state index contributed by atoms with van der Waals surface area (Å²) in [7, 11) is -2.42. The third-order valence-electron chi connectivity index (χ3n) is 3.06. The summed E-state index contributed by atoms with van der Waals surface area (Å²) in [5.41, 5.74) is 0.114. The highest BCUT2D eigenvalue weighted by molar-refractivity contribution is 7.89. The van der Waals surface area contributed by atoms with Crippen molar-refractivity contribution in [3.63, 3.8) is 0 Å². The van der Waals surface area contributed by atoms with Crippen LogP contribution in [0.3, 0.4) is 0 Å². The second-order valence-corrected chi connectivity index (χ2v) is 7.81. The molecule has 2 N–H and O–H groups in total. The predicted octanol–water partition coefficient (Wildman–Crippen LogP) is 1.40. The molecule has 0 saturated heterocycles. The number of carbonyl (C=O) groups excluding carboxylic acids is 2. The lowest BCUT2D eigenvalue weighted by Crippen LogP contribution is -2.40. The van der Waals surface area contributed by atoms with E-state index in [9.17, 15) is 18.0 Å². The fraction of sp³-hybridized carbons (Fsp3) is 0.375. The first kappa shape index (κ1) is 21.1. The normalized spacial score (nSPS) is 11.2. The third kappa shape index (κ3) is 6.15. The number of amides is 2. The summed E-state index contributed by atoms with van der Waals surface area (Å²) in [4.78, 5) is 25.2. The van der Waals surface area contributed by atoms with E-state index < -0.39 is 15.9 Å². The van der Waals surface area contributed by atoms with Crippen molar-refractivity contribution in [1.82, 2.24) is 14.9 Å². The molecule has 0 spiro atoms. The van der Waals surface area contributed by atoms with Crippen LogP contribution in [0.2, 0.25) is 5.02 Å². The molecule has 0 fully saturated rings. The molecule has 1 aromatic rings. The SMILES string of the molecule is C=CCNS(=O)(=O)c1cc(C(=O)N(C)CC(=O)NC(C)C)ccc1Cl. The summed E-state index contributed by atoms with van der Waals surface area (Å²) in [6.45, 7) is 6.95. The Morgan fingerprint density at radius 1 is 1.36 bits per heavy atom. The number of carbonyl (C=O) groups is 2. The number of sulfonamides is 1. The van der Waals surface area contributed by atoms with Crippen LogP contribution in [0, 0.1) is 0 Å². The minimum absolute atomic E-state index is 0.00619. The molecule has 0 unspecified atom stereocenters. The van der Waals surface area contributed by atoms with Crippen molar-refractivity contribution in [2.45, 2.75) is 24.8 Å². The first-order valence-corrected chi connectivity index (χ1v) is 9.39. The summed E-state index contributed by atoms with van der Waals surface area (Å²) < 4.78 is 26.7. The number of hydrogen-bond donors (Lipinski definition) is 2. The van der Waals surface area contributed by atoms with Gasteiger partial charge in [0.25, 0.3) is 5.91 Å². The Labute approximate surface area is 153 Å². The van der Waals surface area contributed by atoms with Crippen molar-refractivity contribution in [3.8, 4) is 0 Å². The van der Waals surface area contributed by atoms with Gasteiger partial charge in [0.15, 0.2) is 0 Å². The van der Waals surface area contributed by atoms with Crippen molar-refractivity contribution >= 4 is 33.4 Å². The molecular weight excluding hydrogens is 366 g/mol. The Bertz CT molecular complexity index is 763. The van der Waals surface area contributed by atoms with Gasteiger partial charge in [-0.3, -0.25) is 9.59 Å². The minimum atomic E-state index is -3.88. The Morgan fingerprint density at radius 3 is 2.56 bits per heavy atom. The Kier molecular flexibility index (Phi) is 7.60. The van der Waals surface area contributed by atoms with Crippen LogP contribution in [0.15, 0.2) is 35.7 Å². The fourth-order valence-electron chi connectivity index (χ4n) is 1.96. The van der Waals surface area contributed by atoms with E-state index in [-0.39, 0.29) is 40.5 Å². The molecule has 0 aliphatic heterocycles. The van der Waals surface area contributed by atoms with E-state index in [4.69, 9.17) is 11.6 Å². The van der Waals surface area contributed by atoms with E-state index in [1.807, 2.05) is 13.8 Å². The molecule has 0 aromatic heterocycles. The zero-order valence-electron chi connectivity index (χ0n) is 14.4. The molecule has 0 radical (unpaired) electrons. The molecule has 0 heterocycles. The second kappa shape index (κ2) is 8.98. The molecule has 138 valence electrons. The van der Waals surface area contributed by atoms with Gasteiger partial charge >= 0.3 is 0 Å². The standard InChI is InChI=1S/C16H22ClN3O4S/c1-5-8-18-25(23,24)14-9-12(6-7-13(14)17)16(22)20(4)10-15(21)19-11(2)3/h5-7,9,11,18H,1,8,10H2,2-4H3,(H,19,21). The average molecular weight is 388 g/mol. The molecule has 2 amide bonds. The van der Waals surface area contributed by atoms with Gasteiger partial charge in [0.05, 0.1) is 11.6 Å². The lowest BCUT2D eigenvalue weighted by Gasteiger charge is -2.18. The Balaban J connectivity index is 3.02. The second-order valence-electron chi connectivity index (χ2n) is 5.67. The van der Waals surface area contributed by atoms with Crippen LogP contribution in [0.25, 0.3) is 0 Å². The molecule has 1 rings (SSSR count). The first-order valence-electron chi connectivity index (χ1n) is 7.53. The van der Waals surface area contributed by atoms with Gasteiger partial charge in [0, 0.05) is 25.2 Å². The zero-order chi connectivity index (χ0) is 19.2. The Hall–Kier alpha value is -1.90. The molecule has 0 aliphatic rings. The van der Waals surface area contributed by atoms with Crippen LogP contribution in [0.1, 0.15) is 24.2 Å². The van der Waals surface area contributed by atoms with E-state index in [0.717, 1.165) is 0 Å². The van der Waals surface area contributed by atoms with Gasteiger partial charge < -0.3 is 10.2 Å². The minimum Gasteiger partial charge on any atom is -0.352 e. The number of hydrogen-bond acceptors (Lipinski definition) is 4. The number of halogens is 1. The molecule has 0 saturated carbocycles. The lowest BCUT2D eigenvalue weighted by atomic mass is 10.2. The van der Waals surface area contributed by atoms with Gasteiger partial charge in [-0.1, -0.05) is 17.7 Å². The lowest BCUT2D eigenvalue weighted by molar-refractivity contribution is -0.122. The van der Waals surface area contributed by atoms with E-state index in [0.29, 0.717) is 0 Å². The zero-order valence-corrected chi connectivity index (χ0v) is 15.9. The van der Waals surface area contributed by atoms with Gasteiger partial charge in [0.1, 0.15) is 4.90 Å². The van der Waals surface area contributed by atoms with Gasteiger partial charge in [-0.15, -0.1) is 6.58 Å². The summed E-state index contributed by atoms with van der Waals surface area (Å²) in [6.07, 6.45) is 1.39. The van der Waals surface area contributed by atoms with Crippen LogP contribution >= 0.6 is 11.6 Å². The highest BCUT2D eigenvalue weighted by atomic mass is 35.5. The van der Waals surface area contributed by atoms with Gasteiger partial charge in [-0.25, -0.2) is 13.1 Å². The van der Waals surface area contributed by atoms with Crippen molar-refractivity contribution in [2.75, 3.05) is 20.1 Å². The Morgan fingerprint density at radius 2 is 2.00 bits per heavy atom. The topological polar surface area (TPSA) is 95.6 Å². The summed E-state index contributed by atoms with van der Waals surface area (Å²) in [5.74, 6) is -0.795. The highest BCUT2D eigenvalue weighted by Crippen LogP contribution is 2.23. The molecule has 1 aromatic carbocycles. The molecular formula is C16H22ClN3O4S. The van der Waals surface area contributed by atoms with Gasteiger partial charge in [0.2, 0.25) is 15.9 Å². The predicted molar refractivity (Wildman–Crippen MR) is 97.1 cm³/mol. The maximum absolute atomic E-state index is 12.4. The van der Waals surface area contributed by atoms with Crippen LogP contribution in [-0.4, -0.2) is 51.3 Å². The maximum atomic E-state index is 12.4. The monoisotopic (exact) mass is 387 g/mol. The molecule has 0 aliphatic carbocycles. The van der Waals surface area contributed by atoms with Crippen LogP contribution in [0.4, 0.5) is 0 Å². The third-order valence-corrected chi connectivity index (χ3v) is 4.97. The smallest absolute Gasteiger partial charge is 0.254 e. The summed E-state index contributed by atoms with van der Waals surface area (Å²) in [5, 5.41) is 2.67. The number of nitrogens with one attached hydrogen (secondary N) is 2. The van der Waals surface area contributed by atoms with E-state index in [1.165, 1.54) is 36.2 Å². The molecule has 0 atom stereocenters.